The Kier molecular flexibility index (Phi) is 7.04. The van der Waals surface area contributed by atoms with Crippen molar-refractivity contribution in [3.63, 3.8) is 0 Å². The Morgan fingerprint density at radius 1 is 1.18 bits per heavy atom. The maximum Gasteiger partial charge on any atom is 0.341 e. The number of ether oxygens (including phenoxy) is 1. The number of fused-ring (bicyclic) bond motifs is 1. The van der Waals surface area contributed by atoms with Crippen LogP contribution in [-0.4, -0.2) is 44.3 Å². The van der Waals surface area contributed by atoms with Crippen molar-refractivity contribution in [3.05, 3.63) is 59.1 Å². The lowest BCUT2D eigenvalue weighted by molar-refractivity contribution is -0.120. The Labute approximate surface area is 201 Å². The number of rotatable bonds is 6. The fraction of sp³-hybridized carbons (Fsp3) is 0.304. The number of hydrogen-bond donors (Lipinski definition) is 1. The molecule has 0 spiro atoms. The highest BCUT2D eigenvalue weighted by Crippen LogP contribution is 2.37. The third kappa shape index (κ3) is 4.91. The smallest absolute Gasteiger partial charge is 0.341 e. The molecule has 33 heavy (non-hydrogen) atoms. The summed E-state index contributed by atoms with van der Waals surface area (Å²) in [6.45, 7) is 2.35. The van der Waals surface area contributed by atoms with E-state index in [1.807, 2.05) is 24.3 Å². The monoisotopic (exact) mass is 506 g/mol. The minimum absolute atomic E-state index is 0.0659. The fourth-order valence-electron chi connectivity index (χ4n) is 3.88. The van der Waals surface area contributed by atoms with Crippen LogP contribution in [0.2, 0.25) is 5.02 Å². The standard InChI is InChI=1S/C23H23ClN2O5S2/c1-2-31-23(28)20-18-7-3-4-8-19(18)32-22(20)25-21(27)15-6-5-13-26(14-15)33(29,30)17-11-9-16(24)10-12-17/h3-4,7-12,15H,2,5-6,13-14H2,1H3,(H,25,27). The molecule has 0 bridgehead atoms. The van der Waals surface area contributed by atoms with Gasteiger partial charge in [-0.05, 0) is 50.1 Å². The Hall–Kier alpha value is -2.46. The van der Waals surface area contributed by atoms with E-state index in [1.165, 1.54) is 39.9 Å². The number of esters is 1. The Bertz CT molecular complexity index is 1290. The van der Waals surface area contributed by atoms with Crippen LogP contribution in [0, 0.1) is 5.92 Å². The molecule has 10 heteroatoms. The molecular weight excluding hydrogens is 484 g/mol. The van der Waals surface area contributed by atoms with Crippen molar-refractivity contribution in [2.75, 3.05) is 25.0 Å². The molecule has 0 radical (unpaired) electrons. The van der Waals surface area contributed by atoms with Gasteiger partial charge < -0.3 is 10.1 Å². The Morgan fingerprint density at radius 3 is 2.64 bits per heavy atom. The first-order chi connectivity index (χ1) is 15.8. The van der Waals surface area contributed by atoms with E-state index in [4.69, 9.17) is 16.3 Å². The third-order valence-electron chi connectivity index (χ3n) is 5.52. The van der Waals surface area contributed by atoms with E-state index in [9.17, 15) is 18.0 Å². The Morgan fingerprint density at radius 2 is 1.91 bits per heavy atom. The molecule has 2 aromatic carbocycles. The zero-order valence-corrected chi connectivity index (χ0v) is 20.3. The van der Waals surface area contributed by atoms with Crippen molar-refractivity contribution in [2.24, 2.45) is 5.92 Å². The molecule has 1 aromatic heterocycles. The minimum atomic E-state index is -3.74. The lowest BCUT2D eigenvalue weighted by Crippen LogP contribution is -2.43. The van der Waals surface area contributed by atoms with Gasteiger partial charge in [0, 0.05) is 28.2 Å². The molecule has 3 aromatic rings. The zero-order valence-electron chi connectivity index (χ0n) is 17.9. The van der Waals surface area contributed by atoms with Crippen LogP contribution >= 0.6 is 22.9 Å². The number of carbonyl (C=O) groups excluding carboxylic acids is 2. The van der Waals surface area contributed by atoms with Crippen molar-refractivity contribution >= 4 is 59.9 Å². The highest BCUT2D eigenvalue weighted by molar-refractivity contribution is 7.89. The average Bonchev–Trinajstić information content (AvgIpc) is 3.17. The number of anilines is 1. The van der Waals surface area contributed by atoms with E-state index in [1.54, 1.807) is 6.92 Å². The summed E-state index contributed by atoms with van der Waals surface area (Å²) in [6.07, 6.45) is 1.11. The van der Waals surface area contributed by atoms with Crippen LogP contribution in [0.15, 0.2) is 53.4 Å². The van der Waals surface area contributed by atoms with Crippen LogP contribution in [0.4, 0.5) is 5.00 Å². The van der Waals surface area contributed by atoms with Gasteiger partial charge in [0.05, 0.1) is 17.4 Å². The van der Waals surface area contributed by atoms with Crippen LogP contribution in [0.25, 0.3) is 10.1 Å². The molecule has 1 amide bonds. The molecule has 0 aliphatic carbocycles. The molecule has 1 aliphatic heterocycles. The van der Waals surface area contributed by atoms with E-state index in [0.717, 1.165) is 4.70 Å². The van der Waals surface area contributed by atoms with Gasteiger partial charge in [0.1, 0.15) is 10.6 Å². The van der Waals surface area contributed by atoms with E-state index in [2.05, 4.69) is 5.32 Å². The van der Waals surface area contributed by atoms with Crippen molar-refractivity contribution in [2.45, 2.75) is 24.7 Å². The van der Waals surface area contributed by atoms with Gasteiger partial charge in [-0.15, -0.1) is 11.3 Å². The lowest BCUT2D eigenvalue weighted by atomic mass is 9.99. The van der Waals surface area contributed by atoms with Gasteiger partial charge in [0.2, 0.25) is 15.9 Å². The molecule has 1 unspecified atom stereocenters. The second kappa shape index (κ2) is 9.80. The molecule has 7 nitrogen and oxygen atoms in total. The zero-order chi connectivity index (χ0) is 23.6. The summed E-state index contributed by atoms with van der Waals surface area (Å²) in [5, 5.41) is 4.45. The first-order valence-corrected chi connectivity index (χ1v) is 13.2. The largest absolute Gasteiger partial charge is 0.462 e. The summed E-state index contributed by atoms with van der Waals surface area (Å²) in [7, 11) is -3.74. The van der Waals surface area contributed by atoms with Gasteiger partial charge in [-0.1, -0.05) is 29.8 Å². The van der Waals surface area contributed by atoms with E-state index in [-0.39, 0.29) is 24.0 Å². The number of hydrogen-bond acceptors (Lipinski definition) is 6. The van der Waals surface area contributed by atoms with Crippen molar-refractivity contribution in [1.82, 2.24) is 4.31 Å². The number of thiophene rings is 1. The second-order valence-corrected chi connectivity index (χ2v) is 11.1. The summed E-state index contributed by atoms with van der Waals surface area (Å²) >= 11 is 7.18. The van der Waals surface area contributed by atoms with Gasteiger partial charge in [0.15, 0.2) is 0 Å². The van der Waals surface area contributed by atoms with Crippen molar-refractivity contribution in [1.29, 1.82) is 0 Å². The molecule has 1 atom stereocenters. The highest BCUT2D eigenvalue weighted by atomic mass is 35.5. The first kappa shape index (κ1) is 23.7. The summed E-state index contributed by atoms with van der Waals surface area (Å²) in [6, 6.07) is 13.4. The number of sulfonamides is 1. The molecule has 1 aliphatic rings. The van der Waals surface area contributed by atoms with Crippen LogP contribution in [-0.2, 0) is 19.6 Å². The molecule has 2 heterocycles. The van der Waals surface area contributed by atoms with E-state index in [0.29, 0.717) is 40.4 Å². The second-order valence-electron chi connectivity index (χ2n) is 7.67. The normalized spacial score (nSPS) is 17.1. The van der Waals surface area contributed by atoms with E-state index < -0.39 is 21.9 Å². The number of nitrogens with one attached hydrogen (secondary N) is 1. The van der Waals surface area contributed by atoms with Gasteiger partial charge in [0.25, 0.3) is 0 Å². The fourth-order valence-corrected chi connectivity index (χ4v) is 6.63. The highest BCUT2D eigenvalue weighted by Gasteiger charge is 2.34. The van der Waals surface area contributed by atoms with Gasteiger partial charge in [-0.2, -0.15) is 4.31 Å². The van der Waals surface area contributed by atoms with Crippen LogP contribution in [0.3, 0.4) is 0 Å². The maximum atomic E-state index is 13.1. The molecule has 1 saturated heterocycles. The van der Waals surface area contributed by atoms with Gasteiger partial charge >= 0.3 is 5.97 Å². The SMILES string of the molecule is CCOC(=O)c1c(NC(=O)C2CCCN(S(=O)(=O)c3ccc(Cl)cc3)C2)sc2ccccc12. The molecule has 1 fully saturated rings. The number of nitrogens with zero attached hydrogens (tertiary/aromatic N) is 1. The number of benzene rings is 2. The van der Waals surface area contributed by atoms with Crippen LogP contribution in [0.1, 0.15) is 30.1 Å². The van der Waals surface area contributed by atoms with Crippen LogP contribution < -0.4 is 5.32 Å². The lowest BCUT2D eigenvalue weighted by Gasteiger charge is -2.31. The molecule has 4 rings (SSSR count). The number of amides is 1. The molecule has 174 valence electrons. The quantitative estimate of drug-likeness (QED) is 0.486. The summed E-state index contributed by atoms with van der Waals surface area (Å²) in [5.41, 5.74) is 0.326. The number of carbonyl (C=O) groups is 2. The minimum Gasteiger partial charge on any atom is -0.462 e. The Balaban J connectivity index is 1.55. The predicted molar refractivity (Wildman–Crippen MR) is 129 cm³/mol. The topological polar surface area (TPSA) is 92.8 Å². The van der Waals surface area contributed by atoms with Crippen molar-refractivity contribution in [3.8, 4) is 0 Å². The van der Waals surface area contributed by atoms with Crippen molar-refractivity contribution < 1.29 is 22.7 Å². The molecular formula is C23H23ClN2O5S2. The van der Waals surface area contributed by atoms with Gasteiger partial charge in [-0.3, -0.25) is 4.79 Å². The first-order valence-electron chi connectivity index (χ1n) is 10.6. The maximum absolute atomic E-state index is 13.1. The van der Waals surface area contributed by atoms with E-state index >= 15 is 0 Å². The number of piperidine rings is 1. The van der Waals surface area contributed by atoms with Crippen LogP contribution in [0.5, 0.6) is 0 Å². The summed E-state index contributed by atoms with van der Waals surface area (Å²) < 4.78 is 33.5. The molecule has 1 N–H and O–H groups in total. The van der Waals surface area contributed by atoms with Gasteiger partial charge in [-0.25, -0.2) is 13.2 Å². The summed E-state index contributed by atoms with van der Waals surface area (Å²) in [5.74, 6) is -1.36. The number of halogens is 1. The summed E-state index contributed by atoms with van der Waals surface area (Å²) in [4.78, 5) is 25.9. The average molecular weight is 507 g/mol. The molecule has 0 saturated carbocycles. The predicted octanol–water partition coefficient (Wildman–Crippen LogP) is 4.77. The third-order valence-corrected chi connectivity index (χ3v) is 8.74.